The number of alkyl halides is 36. The van der Waals surface area contributed by atoms with Crippen LogP contribution in [-0.2, 0) is 93.1 Å². The third-order valence-corrected chi connectivity index (χ3v) is 24.7. The molecule has 0 fully saturated rings. The van der Waals surface area contributed by atoms with Crippen molar-refractivity contribution in [3.8, 4) is 0 Å². The SMILES string of the molecule is CCOC(=O)N1c2ccc(C(F)(F)F)cc2[C@@H]([C@@H](O)c2cc(C(F)(F)F)cc(C(F)(F)F)c2)C[C@H]1CC.CCOC(=O)N1c2ccc(C(F)(F)F)cc2[C@@H]([C@H](O)c2cc(C(F)(F)F)cc(C(F)(F)F)c2)C[C@H]1CC.CCOC(=O)N1c2ccc(C(F)(F)F)cc2[C@H]([C@@H](O)c2cc(C(F)(F)F)cc(C(F)(F)F)c2)C[C@H]1CC.CCOC(=O)N1c2ccc(C(F)(F)F)cc2[C@H]([C@H](O)c2cc(C(F)(F)F)cc(C(F)(F)F)c2)C[C@H]1CC. The van der Waals surface area contributed by atoms with Crippen LogP contribution in [0.25, 0.3) is 0 Å². The molecule has 0 saturated heterocycles. The smallest absolute Gasteiger partial charge is 0.416 e. The van der Waals surface area contributed by atoms with Crippen LogP contribution in [0, 0.1) is 0 Å². The molecule has 8 aromatic carbocycles. The molecule has 4 heterocycles. The predicted octanol–water partition coefficient (Wildman–Crippen LogP) is 30.8. The van der Waals surface area contributed by atoms with Gasteiger partial charge in [-0.3, -0.25) is 19.6 Å². The maximum Gasteiger partial charge on any atom is 0.416 e. The highest BCUT2D eigenvalue weighted by Gasteiger charge is 2.52. The molecule has 0 saturated carbocycles. The number of amides is 4. The second-order valence-electron chi connectivity index (χ2n) is 34.1. The molecule has 16 nitrogen and oxygen atoms in total. The van der Waals surface area contributed by atoms with E-state index in [1.165, 1.54) is 27.7 Å². The second kappa shape index (κ2) is 45.1. The van der Waals surface area contributed by atoms with Crippen LogP contribution >= 0.6 is 0 Å². The number of aliphatic hydroxyl groups is 4. The van der Waals surface area contributed by atoms with Crippen molar-refractivity contribution in [1.82, 2.24) is 0 Å². The zero-order valence-electron chi connectivity index (χ0n) is 77.7. The van der Waals surface area contributed by atoms with E-state index in [0.29, 0.717) is 97.1 Å². The summed E-state index contributed by atoms with van der Waals surface area (Å²) in [5, 5.41) is 44.2. The number of carbonyl (C=O) groups excluding carboxylic acids is 4. The highest BCUT2D eigenvalue weighted by molar-refractivity contribution is 5.93. The third-order valence-electron chi connectivity index (χ3n) is 24.7. The minimum atomic E-state index is -5.18. The van der Waals surface area contributed by atoms with Gasteiger partial charge in [-0.15, -0.1) is 0 Å². The number of hydrogen-bond acceptors (Lipinski definition) is 12. The number of benzene rings is 8. The standard InChI is InChI=1S/4C24H22F9NO3/c4*1-3-16-11-18(20(35)12-7-14(23(28,29)30)9-15(8-12)24(31,32)33)17-10-13(22(25,26)27)5-6-19(17)34(16)21(36)37-4-2/h4*5-10,16,18,20,35H,3-4,11H2,1-2H3/t16-,18+,20+;16-,18+,20-;16-,18-,20+;16-,18-,20-/m1111/s1. The normalized spacial score (nSPS) is 19.4. The van der Waals surface area contributed by atoms with Gasteiger partial charge >= 0.3 is 98.5 Å². The van der Waals surface area contributed by atoms with Crippen LogP contribution in [0.1, 0.15) is 266 Å². The van der Waals surface area contributed by atoms with Gasteiger partial charge in [0, 0.05) is 47.8 Å². The summed E-state index contributed by atoms with van der Waals surface area (Å²) in [7, 11) is 0. The van der Waals surface area contributed by atoms with E-state index in [-0.39, 0.29) is 147 Å². The number of carbonyl (C=O) groups is 4. The summed E-state index contributed by atoms with van der Waals surface area (Å²) in [6, 6.07) is 8.44. The highest BCUT2D eigenvalue weighted by atomic mass is 19.5. The summed E-state index contributed by atoms with van der Waals surface area (Å²) < 4.78 is 502. The van der Waals surface area contributed by atoms with Gasteiger partial charge in [0.25, 0.3) is 0 Å². The van der Waals surface area contributed by atoms with Gasteiger partial charge in [0.05, 0.1) is 140 Å². The first kappa shape index (κ1) is 120. The van der Waals surface area contributed by atoms with Crippen LogP contribution in [0.4, 0.5) is 200 Å². The zero-order valence-corrected chi connectivity index (χ0v) is 77.7. The van der Waals surface area contributed by atoms with Gasteiger partial charge in [0.15, 0.2) is 0 Å². The van der Waals surface area contributed by atoms with E-state index in [4.69, 9.17) is 18.9 Å². The van der Waals surface area contributed by atoms with E-state index in [1.54, 1.807) is 27.7 Å². The molecule has 816 valence electrons. The first-order chi connectivity index (χ1) is 67.9. The molecule has 0 spiro atoms. The zero-order chi connectivity index (χ0) is 112. The van der Waals surface area contributed by atoms with Crippen LogP contribution in [0.15, 0.2) is 146 Å². The number of rotatable bonds is 16. The van der Waals surface area contributed by atoms with Gasteiger partial charge in [0.1, 0.15) is 0 Å². The molecule has 0 unspecified atom stereocenters. The molecule has 4 aliphatic rings. The maximum absolute atomic E-state index is 13.5. The van der Waals surface area contributed by atoms with Gasteiger partial charge < -0.3 is 39.4 Å². The highest BCUT2D eigenvalue weighted by Crippen LogP contribution is 2.57. The number of anilines is 4. The number of halogens is 36. The molecular weight excluding hydrogens is 2080 g/mol. The van der Waals surface area contributed by atoms with E-state index >= 15 is 0 Å². The van der Waals surface area contributed by atoms with Gasteiger partial charge in [-0.25, -0.2) is 19.2 Å². The minimum Gasteiger partial charge on any atom is -0.449 e. The topological polar surface area (TPSA) is 199 Å². The Morgan fingerprint density at radius 1 is 0.230 bits per heavy atom. The van der Waals surface area contributed by atoms with Gasteiger partial charge in [-0.05, 0) is 269 Å². The van der Waals surface area contributed by atoms with Gasteiger partial charge in [-0.2, -0.15) is 158 Å². The number of aliphatic hydroxyl groups excluding tert-OH is 4. The van der Waals surface area contributed by atoms with Crippen LogP contribution < -0.4 is 19.6 Å². The molecule has 8 aromatic rings. The van der Waals surface area contributed by atoms with E-state index in [2.05, 4.69) is 0 Å². The average molecular weight is 2170 g/mol. The van der Waals surface area contributed by atoms with Crippen molar-refractivity contribution < 1.29 is 217 Å². The monoisotopic (exact) mass is 2170 g/mol. The molecule has 0 aliphatic carbocycles. The molecule has 52 heteroatoms. The van der Waals surface area contributed by atoms with E-state index < -0.39 is 260 Å². The van der Waals surface area contributed by atoms with E-state index in [0.717, 1.165) is 43.9 Å². The molecule has 0 radical (unpaired) electrons. The molecule has 148 heavy (non-hydrogen) atoms. The van der Waals surface area contributed by atoms with Crippen LogP contribution in [0.3, 0.4) is 0 Å². The molecular formula is C96H88F36N4O12. The summed E-state index contributed by atoms with van der Waals surface area (Å²) in [4.78, 5) is 54.9. The second-order valence-corrected chi connectivity index (χ2v) is 34.1. The van der Waals surface area contributed by atoms with E-state index in [9.17, 15) is 198 Å². The van der Waals surface area contributed by atoms with Crippen molar-refractivity contribution in [3.63, 3.8) is 0 Å². The molecule has 4 amide bonds. The Kier molecular flexibility index (Phi) is 36.5. The number of fused-ring (bicyclic) bond motifs is 4. The fourth-order valence-electron chi connectivity index (χ4n) is 17.8. The first-order valence-electron chi connectivity index (χ1n) is 44.5. The number of nitrogens with zero attached hydrogens (tertiary/aromatic N) is 4. The fraction of sp³-hybridized carbons (Fsp3) is 0.458. The molecule has 12 rings (SSSR count). The largest absolute Gasteiger partial charge is 0.449 e. The van der Waals surface area contributed by atoms with Gasteiger partial charge in [0.2, 0.25) is 0 Å². The van der Waals surface area contributed by atoms with Crippen LogP contribution in [0.2, 0.25) is 0 Å². The molecule has 0 aromatic heterocycles. The molecule has 0 bridgehead atoms. The maximum atomic E-state index is 13.5. The Hall–Kier alpha value is -11.8. The minimum absolute atomic E-state index is 0.0573. The fourth-order valence-corrected chi connectivity index (χ4v) is 17.8. The lowest BCUT2D eigenvalue weighted by atomic mass is 9.78. The molecule has 4 aliphatic heterocycles. The average Bonchev–Trinajstić information content (AvgIpc) is 0.755. The lowest BCUT2D eigenvalue weighted by molar-refractivity contribution is -0.144. The Morgan fingerprint density at radius 2 is 0.365 bits per heavy atom. The van der Waals surface area contributed by atoms with Crippen molar-refractivity contribution in [2.75, 3.05) is 46.0 Å². The number of ether oxygens (including phenoxy) is 4. The Bertz CT molecular complexity index is 5150. The van der Waals surface area contributed by atoms with Crippen molar-refractivity contribution >= 4 is 47.1 Å². The Labute approximate surface area is 817 Å². The van der Waals surface area contributed by atoms with Crippen molar-refractivity contribution in [3.05, 3.63) is 257 Å². The number of hydrogen-bond donors (Lipinski definition) is 4. The summed E-state index contributed by atoms with van der Waals surface area (Å²) in [5.74, 6) is -5.45. The van der Waals surface area contributed by atoms with Crippen molar-refractivity contribution in [2.24, 2.45) is 0 Å². The Morgan fingerprint density at radius 3 is 0.480 bits per heavy atom. The predicted molar refractivity (Wildman–Crippen MR) is 455 cm³/mol. The first-order valence-corrected chi connectivity index (χ1v) is 44.5. The summed E-state index contributed by atoms with van der Waals surface area (Å²) in [6.07, 6.45) is -72.8. The summed E-state index contributed by atoms with van der Waals surface area (Å²) in [5.41, 5.74) is -22.5. The quantitative estimate of drug-likeness (QED) is 0.0528. The Balaban J connectivity index is 0.000000219. The third kappa shape index (κ3) is 27.9. The van der Waals surface area contributed by atoms with Crippen molar-refractivity contribution in [1.29, 1.82) is 0 Å². The van der Waals surface area contributed by atoms with Gasteiger partial charge in [-0.1, -0.05) is 27.7 Å². The molecule has 12 atom stereocenters. The lowest BCUT2D eigenvalue weighted by Crippen LogP contribution is -2.45. The summed E-state index contributed by atoms with van der Waals surface area (Å²) in [6.45, 7) is 12.3. The molecule has 4 N–H and O–H groups in total. The van der Waals surface area contributed by atoms with Crippen LogP contribution in [0.5, 0.6) is 0 Å². The van der Waals surface area contributed by atoms with E-state index in [1.807, 2.05) is 0 Å². The summed E-state index contributed by atoms with van der Waals surface area (Å²) >= 11 is 0. The lowest BCUT2D eigenvalue weighted by Gasteiger charge is -2.41. The van der Waals surface area contributed by atoms with Crippen molar-refractivity contribution in [2.45, 2.75) is 253 Å². The van der Waals surface area contributed by atoms with Crippen LogP contribution in [-0.4, -0.2) is 95.4 Å².